The summed E-state index contributed by atoms with van der Waals surface area (Å²) >= 11 is 0. The van der Waals surface area contributed by atoms with Crippen LogP contribution in [0, 0.1) is 0 Å². The van der Waals surface area contributed by atoms with Gasteiger partial charge in [-0.25, -0.2) is 0 Å². The molecule has 124 heavy (non-hydrogen) atoms. The van der Waals surface area contributed by atoms with Crippen LogP contribution in [0.3, 0.4) is 0 Å². The zero-order valence-corrected chi connectivity index (χ0v) is 66.8. The number of anilines is 6. The van der Waals surface area contributed by atoms with Crippen LogP contribution in [0.15, 0.2) is 449 Å². The van der Waals surface area contributed by atoms with Gasteiger partial charge < -0.3 is 18.9 Å². The number of hydrogen-bond donors (Lipinski definition) is 0. The molecule has 592 valence electrons. The molecule has 22 rings (SSSR count). The minimum Gasteiger partial charge on any atom is -0.310 e. The molecule has 10 heteroatoms. The summed E-state index contributed by atoms with van der Waals surface area (Å²) < 4.78 is 91.5. The van der Waals surface area contributed by atoms with Gasteiger partial charge in [0.25, 0.3) is 0 Å². The van der Waals surface area contributed by atoms with Gasteiger partial charge in [-0.05, 0) is 249 Å². The zero-order valence-electron chi connectivity index (χ0n) is 66.8. The molecule has 0 saturated heterocycles. The molecular weight excluding hydrogens is 1540 g/mol. The van der Waals surface area contributed by atoms with Gasteiger partial charge in [-0.2, -0.15) is 26.3 Å². The Labute approximate surface area is 712 Å². The monoisotopic (exact) mass is 1610 g/mol. The van der Waals surface area contributed by atoms with Gasteiger partial charge in [0.15, 0.2) is 0 Å². The molecule has 2 heterocycles. The summed E-state index contributed by atoms with van der Waals surface area (Å²) in [6.45, 7) is 0. The smallest absolute Gasteiger partial charge is 0.310 e. The third kappa shape index (κ3) is 13.7. The lowest BCUT2D eigenvalue weighted by atomic mass is 9.86. The number of aromatic nitrogens is 2. The van der Waals surface area contributed by atoms with Crippen molar-refractivity contribution in [1.29, 1.82) is 0 Å². The zero-order chi connectivity index (χ0) is 83.6. The normalized spacial score (nSPS) is 11.8. The van der Waals surface area contributed by atoms with Crippen LogP contribution >= 0.6 is 0 Å². The van der Waals surface area contributed by atoms with Gasteiger partial charge >= 0.3 is 12.4 Å². The van der Waals surface area contributed by atoms with Gasteiger partial charge in [0.1, 0.15) is 0 Å². The second-order valence-corrected chi connectivity index (χ2v) is 31.2. The highest BCUT2D eigenvalue weighted by atomic mass is 19.4. The number of nitrogens with zero attached hydrogens (tertiary/aromatic N) is 4. The molecule has 0 atom stereocenters. The van der Waals surface area contributed by atoms with Crippen LogP contribution in [-0.2, 0) is 12.4 Å². The van der Waals surface area contributed by atoms with E-state index in [1.807, 2.05) is 114 Å². The molecule has 0 unspecified atom stereocenters. The SMILES string of the molecule is FC(F)(F)c1cccc(N(c2ccc(-c3ccc4c(c3)c3ccccc3n4-c3ccccc3)cc2)c2ccc(-c3c4ccccc4c(-c4ccccc4)c4ccccc34)cc2)c1.FC(F)(F)c1ccccc1N(c1ccc(-c2ccc3c(c2)c2ccccc2n3-c2ccccc2)cc1)c1ccc(-c2c3ccccc3c(-c3ccccc3)c3ccccc23)cc1. The first kappa shape index (κ1) is 75.7. The fraction of sp³-hybridized carbons (Fsp3) is 0.0175. The first-order valence-electron chi connectivity index (χ1n) is 41.3. The van der Waals surface area contributed by atoms with Crippen molar-refractivity contribution >= 4 is 121 Å². The highest BCUT2D eigenvalue weighted by Gasteiger charge is 2.36. The summed E-state index contributed by atoms with van der Waals surface area (Å²) in [5, 5.41) is 13.6. The van der Waals surface area contributed by atoms with Gasteiger partial charge in [0.2, 0.25) is 0 Å². The lowest BCUT2D eigenvalue weighted by molar-refractivity contribution is -0.138. The van der Waals surface area contributed by atoms with Gasteiger partial charge in [-0.15, -0.1) is 0 Å². The minimum atomic E-state index is -4.57. The summed E-state index contributed by atoms with van der Waals surface area (Å²) in [6, 6.07) is 149. The number of halogens is 6. The summed E-state index contributed by atoms with van der Waals surface area (Å²) in [7, 11) is 0. The second-order valence-electron chi connectivity index (χ2n) is 31.2. The van der Waals surface area contributed by atoms with E-state index in [-0.39, 0.29) is 5.69 Å². The van der Waals surface area contributed by atoms with Crippen LogP contribution in [0.4, 0.5) is 60.5 Å². The molecular formula is C114H74F6N4. The lowest BCUT2D eigenvalue weighted by Crippen LogP contribution is -2.16. The minimum absolute atomic E-state index is 0.0544. The molecule has 0 aliphatic rings. The third-order valence-electron chi connectivity index (χ3n) is 24.0. The Balaban J connectivity index is 0.000000152. The number of para-hydroxylation sites is 5. The average molecular weight is 1610 g/mol. The Morgan fingerprint density at radius 1 is 0.177 bits per heavy atom. The Morgan fingerprint density at radius 2 is 0.460 bits per heavy atom. The number of rotatable bonds is 14. The quantitative estimate of drug-likeness (QED) is 0.0797. The van der Waals surface area contributed by atoms with Crippen molar-refractivity contribution in [1.82, 2.24) is 9.13 Å². The van der Waals surface area contributed by atoms with Crippen LogP contribution in [0.1, 0.15) is 11.1 Å². The predicted octanol–water partition coefficient (Wildman–Crippen LogP) is 33.2. The van der Waals surface area contributed by atoms with E-state index in [4.69, 9.17) is 0 Å². The molecule has 22 aromatic rings. The molecule has 0 N–H and O–H groups in total. The summed E-state index contributed by atoms with van der Waals surface area (Å²) in [5.74, 6) is 0. The Hall–Kier alpha value is -15.8. The molecule has 0 amide bonds. The molecule has 2 aromatic heterocycles. The maximum absolute atomic E-state index is 14.8. The fourth-order valence-electron chi connectivity index (χ4n) is 18.5. The first-order valence-corrected chi connectivity index (χ1v) is 41.3. The van der Waals surface area contributed by atoms with Crippen LogP contribution in [0.5, 0.6) is 0 Å². The third-order valence-corrected chi connectivity index (χ3v) is 24.0. The molecule has 0 aliphatic heterocycles. The van der Waals surface area contributed by atoms with E-state index >= 15 is 0 Å². The molecule has 0 radical (unpaired) electrons. The summed E-state index contributed by atoms with van der Waals surface area (Å²) in [6.07, 6.45) is -9.06. The van der Waals surface area contributed by atoms with Crippen molar-refractivity contribution in [3.05, 3.63) is 460 Å². The van der Waals surface area contributed by atoms with Crippen molar-refractivity contribution in [2.75, 3.05) is 9.80 Å². The van der Waals surface area contributed by atoms with Gasteiger partial charge in [0, 0.05) is 61.4 Å². The van der Waals surface area contributed by atoms with Gasteiger partial charge in [-0.3, -0.25) is 0 Å². The Kier molecular flexibility index (Phi) is 19.2. The van der Waals surface area contributed by atoms with Crippen LogP contribution in [0.2, 0.25) is 0 Å². The van der Waals surface area contributed by atoms with Crippen molar-refractivity contribution < 1.29 is 26.3 Å². The van der Waals surface area contributed by atoms with E-state index in [9.17, 15) is 26.3 Å². The maximum Gasteiger partial charge on any atom is 0.418 e. The Bertz CT molecular complexity index is 7660. The van der Waals surface area contributed by atoms with Crippen molar-refractivity contribution in [3.63, 3.8) is 0 Å². The topological polar surface area (TPSA) is 16.3 Å². The largest absolute Gasteiger partial charge is 0.418 e. The van der Waals surface area contributed by atoms with Crippen LogP contribution in [0.25, 0.3) is 165 Å². The standard InChI is InChI=1S/2C57H37F3N2/c58-57(59,60)51-24-12-14-26-54(51)61(43-32-27-38(28-33-43)41-31-36-53-50(37-41)45-19-11-13-25-52(45)62(53)42-17-5-2-6-18-42)44-34-29-40(30-35-44)56-48-22-9-7-20-46(48)55(39-15-3-1-4-16-39)47-21-8-10-23-49(47)56;58-57(59,60)42-16-13-19-46(37-42)61(44-31-26-38(27-32-44)41-30-35-54-52(36-41)47-20-11-12-25-53(47)62(54)43-17-5-2-6-18-43)45-33-28-40(29-34-45)56-50-23-9-7-21-48(50)55(39-14-3-1-4-15-39)49-22-8-10-24-51(49)56/h2*1-37H. The van der Waals surface area contributed by atoms with Crippen LogP contribution in [-0.4, -0.2) is 9.13 Å². The number of alkyl halides is 6. The molecule has 0 bridgehead atoms. The summed E-state index contributed by atoms with van der Waals surface area (Å²) in [4.78, 5) is 3.61. The average Bonchev–Trinajstić information content (AvgIpc) is 0.873. The predicted molar refractivity (Wildman–Crippen MR) is 504 cm³/mol. The molecule has 20 aromatic carbocycles. The molecule has 0 fully saturated rings. The summed E-state index contributed by atoms with van der Waals surface area (Å²) in [5.41, 5.74) is 21.3. The number of benzene rings is 20. The highest BCUT2D eigenvalue weighted by Crippen LogP contribution is 2.50. The highest BCUT2D eigenvalue weighted by molar-refractivity contribution is 6.23. The first-order chi connectivity index (χ1) is 60.8. The van der Waals surface area contributed by atoms with E-state index in [2.05, 4.69) is 300 Å². The van der Waals surface area contributed by atoms with E-state index < -0.39 is 23.5 Å². The van der Waals surface area contributed by atoms with Gasteiger partial charge in [-0.1, -0.05) is 309 Å². The van der Waals surface area contributed by atoms with Crippen molar-refractivity contribution in [2.24, 2.45) is 0 Å². The molecule has 0 saturated carbocycles. The molecule has 0 spiro atoms. The van der Waals surface area contributed by atoms with E-state index in [1.165, 1.54) is 29.3 Å². The Morgan fingerprint density at radius 3 is 0.815 bits per heavy atom. The molecule has 4 nitrogen and oxygen atoms in total. The number of fused-ring (bicyclic) bond motifs is 10. The van der Waals surface area contributed by atoms with Crippen molar-refractivity contribution in [3.8, 4) is 78.1 Å². The van der Waals surface area contributed by atoms with E-state index in [0.717, 1.165) is 177 Å². The van der Waals surface area contributed by atoms with E-state index in [1.54, 1.807) is 23.1 Å². The molecule has 0 aliphatic carbocycles. The van der Waals surface area contributed by atoms with E-state index in [0.29, 0.717) is 17.1 Å². The lowest BCUT2D eigenvalue weighted by Gasteiger charge is -2.28. The van der Waals surface area contributed by atoms with Crippen molar-refractivity contribution in [2.45, 2.75) is 12.4 Å². The van der Waals surface area contributed by atoms with Gasteiger partial charge in [0.05, 0.1) is 38.9 Å². The maximum atomic E-state index is 14.8. The second kappa shape index (κ2) is 31.4. The fourth-order valence-corrected chi connectivity index (χ4v) is 18.5. The number of hydrogen-bond acceptors (Lipinski definition) is 2. The van der Waals surface area contributed by atoms with Crippen LogP contribution < -0.4 is 9.80 Å².